The summed E-state index contributed by atoms with van der Waals surface area (Å²) in [4.78, 5) is 37.7. The number of benzene rings is 1. The Bertz CT molecular complexity index is 750. The highest BCUT2D eigenvalue weighted by atomic mass is 32.2. The number of nitrogens with one attached hydrogen (secondary N) is 3. The Hall–Kier alpha value is -2.30. The predicted octanol–water partition coefficient (Wildman–Crippen LogP) is 1.86. The van der Waals surface area contributed by atoms with Gasteiger partial charge in [0.25, 0.3) is 5.91 Å². The van der Waals surface area contributed by atoms with E-state index >= 15 is 0 Å². The minimum Gasteiger partial charge on any atom is -0.444 e. The first-order valence-electron chi connectivity index (χ1n) is 10.8. The topological polar surface area (TPSA) is 132 Å². The molecule has 0 aliphatic carbocycles. The maximum atomic E-state index is 13.1. The third-order valence-corrected chi connectivity index (χ3v) is 5.92. The second kappa shape index (κ2) is 12.7. The number of hydrazine groups is 1. The van der Waals surface area contributed by atoms with Crippen molar-refractivity contribution in [3.05, 3.63) is 35.9 Å². The van der Waals surface area contributed by atoms with Crippen LogP contribution in [0.2, 0.25) is 0 Å². The molecule has 10 heteroatoms. The fourth-order valence-corrected chi connectivity index (χ4v) is 4.28. The molecule has 1 fully saturated rings. The van der Waals surface area contributed by atoms with Crippen LogP contribution in [0.25, 0.3) is 0 Å². The minimum atomic E-state index is -0.934. The monoisotopic (exact) mass is 466 g/mol. The van der Waals surface area contributed by atoms with Crippen molar-refractivity contribution in [2.75, 3.05) is 12.4 Å². The van der Waals surface area contributed by atoms with Crippen molar-refractivity contribution in [2.24, 2.45) is 5.84 Å². The van der Waals surface area contributed by atoms with Gasteiger partial charge in [-0.05, 0) is 45.6 Å². The zero-order valence-corrected chi connectivity index (χ0v) is 19.7. The first-order chi connectivity index (χ1) is 15.2. The number of nitrogens with two attached hydrogens (primary N) is 1. The second-order valence-electron chi connectivity index (χ2n) is 8.59. The summed E-state index contributed by atoms with van der Waals surface area (Å²) in [6.45, 7) is 5.91. The van der Waals surface area contributed by atoms with E-state index in [2.05, 4.69) is 16.1 Å². The highest BCUT2D eigenvalue weighted by molar-refractivity contribution is 7.99. The fraction of sp³-hybridized carbons (Fsp3) is 0.591. The standard InChI is InChI=1S/C22H34N4O5S/c1-22(2,3)31-21(29)25-16(13-15-9-5-4-6-10-15)19(27)24-17(20(28)26-23)14-32-18-11-7-8-12-30-18/h4-6,9-10,16-18H,7-8,11-14,23H2,1-3H3,(H,24,27)(H,25,29)(H,26,28)/t16-,17-,18+/m1/s1. The summed E-state index contributed by atoms with van der Waals surface area (Å²) in [5.41, 5.74) is 2.22. The Morgan fingerprint density at radius 1 is 1.12 bits per heavy atom. The lowest BCUT2D eigenvalue weighted by atomic mass is 10.0. The average Bonchev–Trinajstić information content (AvgIpc) is 2.75. The van der Waals surface area contributed by atoms with Crippen molar-refractivity contribution < 1.29 is 23.9 Å². The van der Waals surface area contributed by atoms with E-state index in [1.54, 1.807) is 20.8 Å². The molecule has 1 aromatic rings. The molecule has 5 N–H and O–H groups in total. The molecule has 9 nitrogen and oxygen atoms in total. The van der Waals surface area contributed by atoms with E-state index in [1.165, 1.54) is 11.8 Å². The molecular weight excluding hydrogens is 432 g/mol. The smallest absolute Gasteiger partial charge is 0.408 e. The minimum absolute atomic E-state index is 0.0197. The summed E-state index contributed by atoms with van der Waals surface area (Å²) in [5, 5.41) is 5.34. The van der Waals surface area contributed by atoms with E-state index in [0.29, 0.717) is 12.4 Å². The van der Waals surface area contributed by atoms with Crippen LogP contribution in [0.3, 0.4) is 0 Å². The SMILES string of the molecule is CC(C)(C)OC(=O)N[C@H](Cc1ccccc1)C(=O)N[C@H](CS[C@H]1CCCCO1)C(=O)NN. The van der Waals surface area contributed by atoms with Crippen LogP contribution in [0.4, 0.5) is 4.79 Å². The van der Waals surface area contributed by atoms with Gasteiger partial charge in [-0.25, -0.2) is 10.6 Å². The van der Waals surface area contributed by atoms with E-state index in [0.717, 1.165) is 24.8 Å². The lowest BCUT2D eigenvalue weighted by Gasteiger charge is -2.26. The Morgan fingerprint density at radius 3 is 2.44 bits per heavy atom. The van der Waals surface area contributed by atoms with Crippen molar-refractivity contribution in [3.8, 4) is 0 Å². The first-order valence-corrected chi connectivity index (χ1v) is 11.8. The van der Waals surface area contributed by atoms with Crippen LogP contribution in [0, 0.1) is 0 Å². The lowest BCUT2D eigenvalue weighted by molar-refractivity contribution is -0.129. The highest BCUT2D eigenvalue weighted by Gasteiger charge is 2.29. The number of ether oxygens (including phenoxy) is 2. The molecule has 1 aromatic carbocycles. The molecule has 1 heterocycles. The Morgan fingerprint density at radius 2 is 1.84 bits per heavy atom. The van der Waals surface area contributed by atoms with Crippen molar-refractivity contribution in [1.29, 1.82) is 0 Å². The summed E-state index contributed by atoms with van der Waals surface area (Å²) in [6.07, 6.45) is 2.52. The Labute approximate surface area is 193 Å². The summed E-state index contributed by atoms with van der Waals surface area (Å²) in [6, 6.07) is 7.48. The molecule has 1 aliphatic heterocycles. The summed E-state index contributed by atoms with van der Waals surface area (Å²) in [7, 11) is 0. The highest BCUT2D eigenvalue weighted by Crippen LogP contribution is 2.24. The second-order valence-corrected chi connectivity index (χ2v) is 9.78. The van der Waals surface area contributed by atoms with Crippen molar-refractivity contribution in [1.82, 2.24) is 16.1 Å². The van der Waals surface area contributed by atoms with E-state index in [9.17, 15) is 14.4 Å². The van der Waals surface area contributed by atoms with Crippen molar-refractivity contribution >= 4 is 29.7 Å². The lowest BCUT2D eigenvalue weighted by Crippen LogP contribution is -2.56. The number of hydrogen-bond donors (Lipinski definition) is 4. The third-order valence-electron chi connectivity index (χ3n) is 4.65. The van der Waals surface area contributed by atoms with Gasteiger partial charge in [-0.2, -0.15) is 0 Å². The zero-order valence-electron chi connectivity index (χ0n) is 18.9. The van der Waals surface area contributed by atoms with Crippen LogP contribution < -0.4 is 21.9 Å². The molecule has 1 saturated heterocycles. The van der Waals surface area contributed by atoms with Crippen molar-refractivity contribution in [2.45, 2.75) is 69.6 Å². The third kappa shape index (κ3) is 9.46. The van der Waals surface area contributed by atoms with E-state index in [4.69, 9.17) is 15.3 Å². The molecule has 0 aromatic heterocycles. The molecule has 0 radical (unpaired) electrons. The zero-order chi connectivity index (χ0) is 23.6. The molecule has 3 amide bonds. The van der Waals surface area contributed by atoms with Gasteiger partial charge in [0.1, 0.15) is 23.1 Å². The Balaban J connectivity index is 2.07. The molecule has 0 unspecified atom stereocenters. The number of thioether (sulfide) groups is 1. The van der Waals surface area contributed by atoms with Crippen molar-refractivity contribution in [3.63, 3.8) is 0 Å². The quantitative estimate of drug-likeness (QED) is 0.248. The summed E-state index contributed by atoms with van der Waals surface area (Å²) >= 11 is 1.46. The normalized spacial score (nSPS) is 18.2. The summed E-state index contributed by atoms with van der Waals surface area (Å²) < 4.78 is 11.0. The average molecular weight is 467 g/mol. The van der Waals surface area contributed by atoms with Crippen LogP contribution in [-0.2, 0) is 25.5 Å². The van der Waals surface area contributed by atoms with Gasteiger partial charge in [0.15, 0.2) is 0 Å². The van der Waals surface area contributed by atoms with Gasteiger partial charge < -0.3 is 20.1 Å². The maximum Gasteiger partial charge on any atom is 0.408 e. The number of rotatable bonds is 9. The van der Waals surface area contributed by atoms with E-state index in [-0.39, 0.29) is 11.9 Å². The molecule has 0 spiro atoms. The van der Waals surface area contributed by atoms with Gasteiger partial charge in [-0.3, -0.25) is 15.0 Å². The van der Waals surface area contributed by atoms with Gasteiger partial charge in [0.05, 0.1) is 0 Å². The van der Waals surface area contributed by atoms with Gasteiger partial charge in [0, 0.05) is 18.8 Å². The number of alkyl carbamates (subject to hydrolysis) is 1. The molecule has 3 atom stereocenters. The maximum absolute atomic E-state index is 13.1. The largest absolute Gasteiger partial charge is 0.444 e. The Kier molecular flexibility index (Phi) is 10.3. The molecule has 178 valence electrons. The van der Waals surface area contributed by atoms with Gasteiger partial charge in [0.2, 0.25) is 5.91 Å². The van der Waals surface area contributed by atoms with Gasteiger partial charge in [-0.15, -0.1) is 11.8 Å². The van der Waals surface area contributed by atoms with Crippen LogP contribution in [0.1, 0.15) is 45.6 Å². The predicted molar refractivity (Wildman–Crippen MR) is 124 cm³/mol. The molecule has 0 saturated carbocycles. The van der Waals surface area contributed by atoms with Crippen LogP contribution >= 0.6 is 11.8 Å². The molecular formula is C22H34N4O5S. The number of hydrogen-bond acceptors (Lipinski definition) is 7. The van der Waals surface area contributed by atoms with Gasteiger partial charge in [-0.1, -0.05) is 30.3 Å². The number of carbonyl (C=O) groups excluding carboxylic acids is 3. The fourth-order valence-electron chi connectivity index (χ4n) is 3.11. The molecule has 2 rings (SSSR count). The van der Waals surface area contributed by atoms with E-state index in [1.807, 2.05) is 30.3 Å². The van der Waals surface area contributed by atoms with Crippen LogP contribution in [0.15, 0.2) is 30.3 Å². The molecule has 32 heavy (non-hydrogen) atoms. The van der Waals surface area contributed by atoms with Gasteiger partial charge >= 0.3 is 6.09 Å². The van der Waals surface area contributed by atoms with Crippen LogP contribution in [0.5, 0.6) is 0 Å². The van der Waals surface area contributed by atoms with Crippen LogP contribution in [-0.4, -0.2) is 53.4 Å². The number of amides is 3. The molecule has 1 aliphatic rings. The summed E-state index contributed by atoms with van der Waals surface area (Å²) in [5.74, 6) is 4.60. The van der Waals surface area contributed by atoms with E-state index < -0.39 is 35.6 Å². The first kappa shape index (κ1) is 26.0. The number of carbonyl (C=O) groups is 3. The molecule has 0 bridgehead atoms.